The number of carbonyl (C=O) groups excluding carboxylic acids is 2. The summed E-state index contributed by atoms with van der Waals surface area (Å²) in [6.07, 6.45) is 4.92. The molecule has 2 rings (SSSR count). The van der Waals surface area contributed by atoms with Crippen LogP contribution < -0.4 is 5.32 Å². The van der Waals surface area contributed by atoms with Gasteiger partial charge < -0.3 is 10.1 Å². The quantitative estimate of drug-likeness (QED) is 0.489. The van der Waals surface area contributed by atoms with Crippen molar-refractivity contribution < 1.29 is 14.3 Å². The van der Waals surface area contributed by atoms with E-state index in [9.17, 15) is 9.59 Å². The summed E-state index contributed by atoms with van der Waals surface area (Å²) in [6.45, 7) is 1.59. The SMILES string of the molecule is Cc1cc(SC#N)ccc1NC(=O)COC(=O)CC1CCCC1. The summed E-state index contributed by atoms with van der Waals surface area (Å²) in [6, 6.07) is 5.34. The van der Waals surface area contributed by atoms with Crippen molar-refractivity contribution in [1.29, 1.82) is 5.26 Å². The molecule has 6 heteroatoms. The van der Waals surface area contributed by atoms with Gasteiger partial charge >= 0.3 is 5.97 Å². The summed E-state index contributed by atoms with van der Waals surface area (Å²) in [5, 5.41) is 13.4. The number of nitrogens with one attached hydrogen (secondary N) is 1. The van der Waals surface area contributed by atoms with Gasteiger partial charge in [0.05, 0.1) is 0 Å². The molecule has 1 aromatic carbocycles. The van der Waals surface area contributed by atoms with Crippen LogP contribution in [0.4, 0.5) is 5.69 Å². The topological polar surface area (TPSA) is 79.2 Å². The molecule has 122 valence electrons. The first-order valence-corrected chi connectivity index (χ1v) is 8.52. The summed E-state index contributed by atoms with van der Waals surface area (Å²) in [5.74, 6) is -0.240. The van der Waals surface area contributed by atoms with E-state index in [0.717, 1.165) is 35.1 Å². The van der Waals surface area contributed by atoms with Gasteiger partial charge in [-0.05, 0) is 61.2 Å². The fraction of sp³-hybridized carbons (Fsp3) is 0.471. The lowest BCUT2D eigenvalue weighted by Gasteiger charge is -2.11. The van der Waals surface area contributed by atoms with Gasteiger partial charge in [0.1, 0.15) is 5.40 Å². The first-order chi connectivity index (χ1) is 11.1. The standard InChI is InChI=1S/C17H20N2O3S/c1-12-8-14(23-11-18)6-7-15(12)19-16(20)10-22-17(21)9-13-4-2-3-5-13/h6-8,13H,2-5,9-10H2,1H3,(H,19,20). The summed E-state index contributed by atoms with van der Waals surface area (Å²) in [5.41, 5.74) is 1.51. The third-order valence-electron chi connectivity index (χ3n) is 3.93. The average molecular weight is 332 g/mol. The van der Waals surface area contributed by atoms with Gasteiger partial charge in [-0.15, -0.1) is 0 Å². The molecule has 1 aliphatic rings. The number of amides is 1. The van der Waals surface area contributed by atoms with Crippen molar-refractivity contribution in [3.8, 4) is 5.40 Å². The van der Waals surface area contributed by atoms with Gasteiger partial charge in [-0.2, -0.15) is 5.26 Å². The molecule has 1 aliphatic carbocycles. The average Bonchev–Trinajstić information content (AvgIpc) is 3.01. The Bertz CT molecular complexity index is 619. The van der Waals surface area contributed by atoms with E-state index in [1.165, 1.54) is 12.8 Å². The molecule has 0 heterocycles. The lowest BCUT2D eigenvalue weighted by atomic mass is 10.1. The number of aryl methyl sites for hydroxylation is 1. The molecule has 1 aromatic rings. The molecule has 0 aromatic heterocycles. The monoisotopic (exact) mass is 332 g/mol. The molecule has 23 heavy (non-hydrogen) atoms. The van der Waals surface area contributed by atoms with Gasteiger partial charge in [-0.1, -0.05) is 12.8 Å². The van der Waals surface area contributed by atoms with Crippen LogP contribution >= 0.6 is 11.8 Å². The number of anilines is 1. The smallest absolute Gasteiger partial charge is 0.306 e. The van der Waals surface area contributed by atoms with Crippen LogP contribution in [0, 0.1) is 23.5 Å². The van der Waals surface area contributed by atoms with E-state index in [0.29, 0.717) is 18.0 Å². The Labute approximate surface area is 140 Å². The Morgan fingerprint density at radius 1 is 1.39 bits per heavy atom. The van der Waals surface area contributed by atoms with Gasteiger partial charge in [-0.25, -0.2) is 0 Å². The van der Waals surface area contributed by atoms with Crippen molar-refractivity contribution in [3.63, 3.8) is 0 Å². The molecule has 0 spiro atoms. The number of thiocyanates is 1. The molecule has 0 bridgehead atoms. The minimum atomic E-state index is -0.353. The van der Waals surface area contributed by atoms with Crippen molar-refractivity contribution in [2.75, 3.05) is 11.9 Å². The van der Waals surface area contributed by atoms with Gasteiger partial charge in [0, 0.05) is 17.0 Å². The minimum absolute atomic E-state index is 0.264. The molecular formula is C17H20N2O3S. The summed E-state index contributed by atoms with van der Waals surface area (Å²) in [7, 11) is 0. The zero-order valence-electron chi connectivity index (χ0n) is 13.1. The van der Waals surface area contributed by atoms with E-state index in [-0.39, 0.29) is 18.5 Å². The Morgan fingerprint density at radius 2 is 2.13 bits per heavy atom. The van der Waals surface area contributed by atoms with Crippen LogP contribution in [0.2, 0.25) is 0 Å². The zero-order valence-corrected chi connectivity index (χ0v) is 13.9. The highest BCUT2D eigenvalue weighted by Gasteiger charge is 2.19. The van der Waals surface area contributed by atoms with Crippen LogP contribution in [0.5, 0.6) is 0 Å². The third kappa shape index (κ3) is 5.61. The number of nitriles is 1. The van der Waals surface area contributed by atoms with E-state index in [1.807, 2.05) is 18.4 Å². The first-order valence-electron chi connectivity index (χ1n) is 7.70. The van der Waals surface area contributed by atoms with E-state index >= 15 is 0 Å². The fourth-order valence-electron chi connectivity index (χ4n) is 2.73. The Balaban J connectivity index is 1.78. The Kier molecular flexibility index (Phi) is 6.48. The number of rotatable bonds is 6. The number of benzene rings is 1. The number of carbonyl (C=O) groups is 2. The maximum absolute atomic E-state index is 11.9. The van der Waals surface area contributed by atoms with Gasteiger partial charge in [0.25, 0.3) is 5.91 Å². The van der Waals surface area contributed by atoms with Crippen molar-refractivity contribution in [1.82, 2.24) is 0 Å². The van der Waals surface area contributed by atoms with Crippen LogP contribution in [0.25, 0.3) is 0 Å². The van der Waals surface area contributed by atoms with E-state index in [2.05, 4.69) is 5.32 Å². The number of hydrogen-bond donors (Lipinski definition) is 1. The second kappa shape index (κ2) is 8.59. The van der Waals surface area contributed by atoms with Crippen LogP contribution in [0.1, 0.15) is 37.7 Å². The highest BCUT2D eigenvalue weighted by molar-refractivity contribution is 8.03. The molecule has 0 unspecified atom stereocenters. The second-order valence-electron chi connectivity index (χ2n) is 5.73. The van der Waals surface area contributed by atoms with Crippen molar-refractivity contribution in [2.45, 2.75) is 43.9 Å². The molecule has 1 amide bonds. The van der Waals surface area contributed by atoms with E-state index in [4.69, 9.17) is 10.00 Å². The van der Waals surface area contributed by atoms with Crippen LogP contribution in [-0.2, 0) is 14.3 Å². The molecule has 0 atom stereocenters. The largest absolute Gasteiger partial charge is 0.456 e. The van der Waals surface area contributed by atoms with Crippen LogP contribution in [0.15, 0.2) is 23.1 Å². The number of nitrogens with zero attached hydrogens (tertiary/aromatic N) is 1. The van der Waals surface area contributed by atoms with Crippen LogP contribution in [-0.4, -0.2) is 18.5 Å². The number of thioether (sulfide) groups is 1. The summed E-state index contributed by atoms with van der Waals surface area (Å²) >= 11 is 1.07. The highest BCUT2D eigenvalue weighted by atomic mass is 32.2. The number of ether oxygens (including phenoxy) is 1. The molecule has 1 N–H and O–H groups in total. The predicted molar refractivity (Wildman–Crippen MR) is 88.8 cm³/mol. The Hall–Kier alpha value is -2.00. The maximum Gasteiger partial charge on any atom is 0.306 e. The molecule has 0 radical (unpaired) electrons. The van der Waals surface area contributed by atoms with E-state index in [1.54, 1.807) is 12.1 Å². The molecule has 5 nitrogen and oxygen atoms in total. The third-order valence-corrected chi connectivity index (χ3v) is 4.51. The van der Waals surface area contributed by atoms with Crippen molar-refractivity contribution in [2.24, 2.45) is 5.92 Å². The Morgan fingerprint density at radius 3 is 2.78 bits per heavy atom. The van der Waals surface area contributed by atoms with Crippen molar-refractivity contribution in [3.05, 3.63) is 23.8 Å². The zero-order chi connectivity index (χ0) is 16.7. The molecule has 1 saturated carbocycles. The second-order valence-corrected chi connectivity index (χ2v) is 6.59. The maximum atomic E-state index is 11.9. The van der Waals surface area contributed by atoms with Gasteiger partial charge in [0.15, 0.2) is 6.61 Å². The summed E-state index contributed by atoms with van der Waals surface area (Å²) in [4.78, 5) is 24.4. The fourth-order valence-corrected chi connectivity index (χ4v) is 3.21. The lowest BCUT2D eigenvalue weighted by Crippen LogP contribution is -2.22. The van der Waals surface area contributed by atoms with Gasteiger partial charge in [-0.3, -0.25) is 9.59 Å². The number of hydrogen-bond acceptors (Lipinski definition) is 5. The minimum Gasteiger partial charge on any atom is -0.456 e. The highest BCUT2D eigenvalue weighted by Crippen LogP contribution is 2.27. The van der Waals surface area contributed by atoms with Crippen molar-refractivity contribution >= 4 is 29.3 Å². The normalized spacial score (nSPS) is 14.3. The van der Waals surface area contributed by atoms with Gasteiger partial charge in [0.2, 0.25) is 0 Å². The lowest BCUT2D eigenvalue weighted by molar-refractivity contribution is -0.148. The number of esters is 1. The molecular weight excluding hydrogens is 312 g/mol. The molecule has 1 fully saturated rings. The first kappa shape index (κ1) is 17.4. The van der Waals surface area contributed by atoms with E-state index < -0.39 is 0 Å². The van der Waals surface area contributed by atoms with Crippen LogP contribution in [0.3, 0.4) is 0 Å². The summed E-state index contributed by atoms with van der Waals surface area (Å²) < 4.78 is 5.04. The molecule has 0 aliphatic heterocycles. The molecule has 0 saturated heterocycles. The predicted octanol–water partition coefficient (Wildman–Crippen LogP) is 3.63.